The summed E-state index contributed by atoms with van der Waals surface area (Å²) < 4.78 is 5.78. The van der Waals surface area contributed by atoms with Crippen LogP contribution in [0.25, 0.3) is 0 Å². The molecule has 2 aromatic carbocycles. The van der Waals surface area contributed by atoms with Gasteiger partial charge >= 0.3 is 23.1 Å². The van der Waals surface area contributed by atoms with Gasteiger partial charge in [-0.25, -0.2) is 0 Å². The van der Waals surface area contributed by atoms with Gasteiger partial charge in [0, 0.05) is 0 Å². The monoisotopic (exact) mass is 314 g/mol. The molecule has 3 heteroatoms. The maximum Gasteiger partial charge on any atom is 2.00 e. The summed E-state index contributed by atoms with van der Waals surface area (Å²) in [6.45, 7) is 4.73. The number of hydrogen-bond acceptors (Lipinski definition) is 1. The van der Waals surface area contributed by atoms with Crippen molar-refractivity contribution in [2.75, 3.05) is 0 Å². The van der Waals surface area contributed by atoms with Crippen molar-refractivity contribution in [1.82, 2.24) is 0 Å². The molecule has 1 nitrogen and oxygen atoms in total. The molecule has 0 heterocycles. The van der Waals surface area contributed by atoms with Crippen LogP contribution in [0, 0.1) is 19.9 Å². The zero-order valence-corrected chi connectivity index (χ0v) is 13.7. The van der Waals surface area contributed by atoms with Crippen molar-refractivity contribution in [3.05, 3.63) is 65.2 Å². The van der Waals surface area contributed by atoms with Gasteiger partial charge in [-0.2, -0.15) is 30.3 Å². The molecule has 0 atom stereocenters. The Labute approximate surface area is 135 Å². The van der Waals surface area contributed by atoms with Crippen molar-refractivity contribution >= 4 is 23.1 Å². The van der Waals surface area contributed by atoms with Crippen LogP contribution in [0.15, 0.2) is 42.5 Å². The Morgan fingerprint density at radius 2 is 1.94 bits per heavy atom. The summed E-state index contributed by atoms with van der Waals surface area (Å²) in [5.41, 5.74) is 3.54. The molecule has 0 fully saturated rings. The van der Waals surface area contributed by atoms with E-state index in [0.29, 0.717) is 6.61 Å². The number of aryl methyl sites for hydroxylation is 2. The molecule has 0 aromatic heterocycles. The van der Waals surface area contributed by atoms with Crippen LogP contribution in [0.5, 0.6) is 5.75 Å². The molecule has 0 N–H and O–H groups in total. The Balaban J connectivity index is 0.00000144. The summed E-state index contributed by atoms with van der Waals surface area (Å²) in [6.07, 6.45) is 0. The molecule has 0 aliphatic heterocycles. The molecule has 0 bridgehead atoms. The van der Waals surface area contributed by atoms with Gasteiger partial charge in [-0.1, -0.05) is 12.1 Å². The number of rotatable bonds is 3. The zero-order chi connectivity index (χ0) is 11.4. The van der Waals surface area contributed by atoms with E-state index in [1.807, 2.05) is 24.3 Å². The molecule has 2 rings (SSSR count). The third-order valence-corrected chi connectivity index (χ3v) is 2.51. The Kier molecular flexibility index (Phi) is 8.32. The van der Waals surface area contributed by atoms with Gasteiger partial charge in [0.15, 0.2) is 0 Å². The summed E-state index contributed by atoms with van der Waals surface area (Å²) in [4.78, 5) is 0. The molecule has 0 aliphatic carbocycles. The van der Waals surface area contributed by atoms with Crippen LogP contribution in [-0.4, -0.2) is 23.1 Å². The van der Waals surface area contributed by atoms with E-state index in [2.05, 4.69) is 38.1 Å². The van der Waals surface area contributed by atoms with E-state index in [-0.39, 0.29) is 40.0 Å². The fourth-order valence-electron chi connectivity index (χ4n) is 1.54. The average molecular weight is 315 g/mol. The van der Waals surface area contributed by atoms with Crippen molar-refractivity contribution in [1.29, 1.82) is 0 Å². The molecule has 0 radical (unpaired) electrons. The quantitative estimate of drug-likeness (QED) is 0.585. The largest absolute Gasteiger partial charge is 2.00 e. The van der Waals surface area contributed by atoms with Gasteiger partial charge < -0.3 is 21.7 Å². The second-order valence-electron chi connectivity index (χ2n) is 3.97. The molecule has 18 heavy (non-hydrogen) atoms. The maximum absolute atomic E-state index is 5.78. The van der Waals surface area contributed by atoms with Crippen molar-refractivity contribution in [2.45, 2.75) is 20.5 Å². The maximum atomic E-state index is 5.78. The molecular formula is C15H15BrMgO. The zero-order valence-electron chi connectivity index (χ0n) is 10.7. The average Bonchev–Trinajstić information content (AvgIpc) is 2.32. The fourth-order valence-corrected chi connectivity index (χ4v) is 1.54. The number of ether oxygens (including phenoxy) is 1. The van der Waals surface area contributed by atoms with Gasteiger partial charge in [0.2, 0.25) is 0 Å². The third kappa shape index (κ3) is 5.00. The summed E-state index contributed by atoms with van der Waals surface area (Å²) in [5.74, 6) is 0.962. The number of benzene rings is 2. The number of hydrogen-bond donors (Lipinski definition) is 0. The molecule has 0 saturated carbocycles. The van der Waals surface area contributed by atoms with Gasteiger partial charge in [-0.05, 0) is 31.0 Å². The second kappa shape index (κ2) is 8.56. The molecule has 0 spiro atoms. The first-order chi connectivity index (χ1) is 7.75. The van der Waals surface area contributed by atoms with E-state index < -0.39 is 0 Å². The molecule has 0 amide bonds. The first-order valence-corrected chi connectivity index (χ1v) is 5.41. The van der Waals surface area contributed by atoms with E-state index >= 15 is 0 Å². The number of halogens is 1. The van der Waals surface area contributed by atoms with Crippen molar-refractivity contribution in [2.24, 2.45) is 0 Å². The van der Waals surface area contributed by atoms with Gasteiger partial charge in [0.1, 0.15) is 5.75 Å². The van der Waals surface area contributed by atoms with E-state index in [1.54, 1.807) is 0 Å². The van der Waals surface area contributed by atoms with Gasteiger partial charge in [-0.3, -0.25) is 0 Å². The minimum absolute atomic E-state index is 0. The van der Waals surface area contributed by atoms with Crippen LogP contribution >= 0.6 is 0 Å². The minimum atomic E-state index is 0. The Morgan fingerprint density at radius 1 is 1.17 bits per heavy atom. The van der Waals surface area contributed by atoms with E-state index in [9.17, 15) is 0 Å². The normalized spacial score (nSPS) is 9.00. The van der Waals surface area contributed by atoms with Crippen molar-refractivity contribution < 1.29 is 21.7 Å². The predicted molar refractivity (Wildman–Crippen MR) is 71.3 cm³/mol. The molecule has 0 saturated heterocycles. The second-order valence-corrected chi connectivity index (χ2v) is 3.97. The fraction of sp³-hybridized carbons (Fsp3) is 0.200. The van der Waals surface area contributed by atoms with E-state index in [1.165, 1.54) is 11.1 Å². The third-order valence-electron chi connectivity index (χ3n) is 2.51. The summed E-state index contributed by atoms with van der Waals surface area (Å²) in [5, 5.41) is 0. The predicted octanol–water partition coefficient (Wildman–Crippen LogP) is 0.306. The molecule has 2 aromatic rings. The minimum Gasteiger partial charge on any atom is -1.00 e. The van der Waals surface area contributed by atoms with Crippen LogP contribution in [0.1, 0.15) is 16.7 Å². The van der Waals surface area contributed by atoms with Crippen molar-refractivity contribution in [3.8, 4) is 5.75 Å². The Bertz CT molecular complexity index is 471. The van der Waals surface area contributed by atoms with Gasteiger partial charge in [-0.15, -0.1) is 5.56 Å². The molecule has 0 unspecified atom stereocenters. The molecule has 0 aliphatic rings. The van der Waals surface area contributed by atoms with Gasteiger partial charge in [0.25, 0.3) is 0 Å². The molecule has 90 valence electrons. The van der Waals surface area contributed by atoms with Crippen molar-refractivity contribution in [3.63, 3.8) is 0 Å². The van der Waals surface area contributed by atoms with E-state index in [4.69, 9.17) is 4.74 Å². The van der Waals surface area contributed by atoms with E-state index in [0.717, 1.165) is 11.3 Å². The van der Waals surface area contributed by atoms with Crippen LogP contribution in [0.2, 0.25) is 0 Å². The Hall–Kier alpha value is -0.514. The Morgan fingerprint density at radius 3 is 2.61 bits per heavy atom. The standard InChI is InChI=1S/C15H15O.BrH.Mg/c1-12-8-9-13(2)15(10-12)16-11-14-6-4-3-5-7-14;;/h3-4,6-10H,11H2,1-2H3;1H;/q-1;;+2/p-1. The summed E-state index contributed by atoms with van der Waals surface area (Å²) >= 11 is 0. The molecular weight excluding hydrogens is 300 g/mol. The van der Waals surface area contributed by atoms with Crippen LogP contribution in [-0.2, 0) is 6.61 Å². The first kappa shape index (κ1) is 17.5. The van der Waals surface area contributed by atoms with Crippen LogP contribution < -0.4 is 21.7 Å². The van der Waals surface area contributed by atoms with Crippen LogP contribution in [0.4, 0.5) is 0 Å². The SMILES string of the molecule is Cc1ccc(C)c(OCc2c[c-]ccc2)c1.[Br-].[Mg+2]. The smallest absolute Gasteiger partial charge is 1.00 e. The topological polar surface area (TPSA) is 9.23 Å². The summed E-state index contributed by atoms with van der Waals surface area (Å²) in [7, 11) is 0. The first-order valence-electron chi connectivity index (χ1n) is 5.41. The van der Waals surface area contributed by atoms with Gasteiger partial charge in [0.05, 0.1) is 6.61 Å². The van der Waals surface area contributed by atoms with Crippen LogP contribution in [0.3, 0.4) is 0 Å². The summed E-state index contributed by atoms with van der Waals surface area (Å²) in [6, 6.07) is 17.2.